The van der Waals surface area contributed by atoms with Crippen LogP contribution in [0.1, 0.15) is 20.8 Å². The van der Waals surface area contributed by atoms with Crippen molar-refractivity contribution in [3.63, 3.8) is 0 Å². The summed E-state index contributed by atoms with van der Waals surface area (Å²) >= 11 is 0. The summed E-state index contributed by atoms with van der Waals surface area (Å²) in [5.41, 5.74) is 6.22. The van der Waals surface area contributed by atoms with E-state index in [0.717, 1.165) is 0 Å². The summed E-state index contributed by atoms with van der Waals surface area (Å²) in [7, 11) is -3.31. The molecule has 3 N–H and O–H groups in total. The summed E-state index contributed by atoms with van der Waals surface area (Å²) in [6.07, 6.45) is 0. The number of anilines is 1. The zero-order valence-electron chi connectivity index (χ0n) is 12.3. The Kier molecular flexibility index (Phi) is 6.29. The molecule has 6 heteroatoms. The first kappa shape index (κ1) is 16.8. The molecule has 114 valence electrons. The normalized spacial score (nSPS) is 13.4. The third-order valence-electron chi connectivity index (χ3n) is 3.29. The summed E-state index contributed by atoms with van der Waals surface area (Å²) in [5.74, 6) is 1.18. The molecule has 0 amide bonds. The van der Waals surface area contributed by atoms with Crippen LogP contribution >= 0.6 is 0 Å². The molecule has 0 spiro atoms. The third kappa shape index (κ3) is 5.79. The van der Waals surface area contributed by atoms with Gasteiger partial charge in [0.2, 0.25) is 10.0 Å². The standard InChI is InChI=1S/C14H24N2O3S/c1-11(2)12(3)10-16-20(17,18)9-8-19-14-7-5-4-6-13(14)15/h4-7,11-12,16H,8-10,15H2,1-3H3. The fraction of sp³-hybridized carbons (Fsp3) is 0.571. The Hall–Kier alpha value is -1.27. The number of ether oxygens (including phenoxy) is 1. The van der Waals surface area contributed by atoms with E-state index in [1.807, 2.05) is 6.92 Å². The molecule has 1 unspecified atom stereocenters. The molecule has 0 aliphatic rings. The molecule has 20 heavy (non-hydrogen) atoms. The summed E-state index contributed by atoms with van der Waals surface area (Å²) in [5, 5.41) is 0. The maximum Gasteiger partial charge on any atom is 0.214 e. The van der Waals surface area contributed by atoms with Gasteiger partial charge in [-0.2, -0.15) is 0 Å². The van der Waals surface area contributed by atoms with Gasteiger partial charge in [0.15, 0.2) is 0 Å². The second-order valence-corrected chi connectivity index (χ2v) is 7.20. The topological polar surface area (TPSA) is 81.4 Å². The van der Waals surface area contributed by atoms with Crippen molar-refractivity contribution in [2.24, 2.45) is 11.8 Å². The van der Waals surface area contributed by atoms with Crippen molar-refractivity contribution in [2.45, 2.75) is 20.8 Å². The van der Waals surface area contributed by atoms with Crippen LogP contribution in [0.3, 0.4) is 0 Å². The highest BCUT2D eigenvalue weighted by molar-refractivity contribution is 7.89. The summed E-state index contributed by atoms with van der Waals surface area (Å²) in [4.78, 5) is 0. The molecule has 0 bridgehead atoms. The number of benzene rings is 1. The van der Waals surface area contributed by atoms with E-state index in [4.69, 9.17) is 10.5 Å². The minimum absolute atomic E-state index is 0.0772. The minimum atomic E-state index is -3.31. The lowest BCUT2D eigenvalue weighted by Crippen LogP contribution is -2.33. The number of hydrogen-bond donors (Lipinski definition) is 2. The van der Waals surface area contributed by atoms with Crippen molar-refractivity contribution < 1.29 is 13.2 Å². The van der Waals surface area contributed by atoms with Crippen LogP contribution in [-0.4, -0.2) is 27.3 Å². The van der Waals surface area contributed by atoms with Crippen molar-refractivity contribution in [2.75, 3.05) is 24.6 Å². The van der Waals surface area contributed by atoms with Gasteiger partial charge in [0, 0.05) is 6.54 Å². The highest BCUT2D eigenvalue weighted by Gasteiger charge is 2.14. The maximum absolute atomic E-state index is 11.8. The molecule has 0 radical (unpaired) electrons. The van der Waals surface area contributed by atoms with Gasteiger partial charge in [-0.3, -0.25) is 0 Å². The molecule has 0 fully saturated rings. The average Bonchev–Trinajstić information content (AvgIpc) is 2.38. The van der Waals surface area contributed by atoms with Crippen LogP contribution in [0.5, 0.6) is 5.75 Å². The molecule has 0 aliphatic carbocycles. The molecule has 1 aromatic carbocycles. The van der Waals surface area contributed by atoms with E-state index in [1.54, 1.807) is 24.3 Å². The van der Waals surface area contributed by atoms with Gasteiger partial charge in [-0.05, 0) is 24.0 Å². The Morgan fingerprint density at radius 2 is 1.90 bits per heavy atom. The number of nitrogens with two attached hydrogens (primary N) is 1. The van der Waals surface area contributed by atoms with Gasteiger partial charge in [-0.25, -0.2) is 13.1 Å². The quantitative estimate of drug-likeness (QED) is 0.718. The van der Waals surface area contributed by atoms with Gasteiger partial charge in [0.25, 0.3) is 0 Å². The van der Waals surface area contributed by atoms with Gasteiger partial charge < -0.3 is 10.5 Å². The van der Waals surface area contributed by atoms with Crippen LogP contribution in [0.15, 0.2) is 24.3 Å². The molecule has 0 saturated heterocycles. The maximum atomic E-state index is 11.8. The first-order chi connectivity index (χ1) is 9.32. The van der Waals surface area contributed by atoms with Crippen LogP contribution in [0.4, 0.5) is 5.69 Å². The van der Waals surface area contributed by atoms with Crippen LogP contribution in [0, 0.1) is 11.8 Å². The summed E-state index contributed by atoms with van der Waals surface area (Å²) in [6, 6.07) is 7.03. The fourth-order valence-corrected chi connectivity index (χ4v) is 2.40. The molecule has 0 aromatic heterocycles. The van der Waals surface area contributed by atoms with E-state index < -0.39 is 10.0 Å². The highest BCUT2D eigenvalue weighted by atomic mass is 32.2. The Labute approximate surface area is 121 Å². The van der Waals surface area contributed by atoms with E-state index in [2.05, 4.69) is 18.6 Å². The second-order valence-electron chi connectivity index (χ2n) is 5.27. The number of sulfonamides is 1. The lowest BCUT2D eigenvalue weighted by molar-refractivity contribution is 0.341. The zero-order chi connectivity index (χ0) is 15.2. The third-order valence-corrected chi connectivity index (χ3v) is 4.60. The fourth-order valence-electron chi connectivity index (χ4n) is 1.44. The minimum Gasteiger partial charge on any atom is -0.490 e. The molecule has 1 atom stereocenters. The van der Waals surface area contributed by atoms with Gasteiger partial charge in [0.05, 0.1) is 11.4 Å². The predicted molar refractivity (Wildman–Crippen MR) is 82.1 cm³/mol. The Bertz CT molecular complexity index is 515. The molecule has 1 rings (SSSR count). The first-order valence-electron chi connectivity index (χ1n) is 6.76. The van der Waals surface area contributed by atoms with Crippen molar-refractivity contribution in [3.8, 4) is 5.75 Å². The highest BCUT2D eigenvalue weighted by Crippen LogP contribution is 2.19. The molecule has 0 saturated carbocycles. The molecule has 0 aliphatic heterocycles. The number of para-hydroxylation sites is 2. The molecule has 5 nitrogen and oxygen atoms in total. The van der Waals surface area contributed by atoms with Crippen LogP contribution < -0.4 is 15.2 Å². The van der Waals surface area contributed by atoms with E-state index in [1.165, 1.54) is 0 Å². The van der Waals surface area contributed by atoms with E-state index in [0.29, 0.717) is 29.8 Å². The lowest BCUT2D eigenvalue weighted by Gasteiger charge is -2.16. The summed E-state index contributed by atoms with van der Waals surface area (Å²) in [6.45, 7) is 6.70. The SMILES string of the molecule is CC(C)C(C)CNS(=O)(=O)CCOc1ccccc1N. The van der Waals surface area contributed by atoms with Crippen LogP contribution in [0.25, 0.3) is 0 Å². The van der Waals surface area contributed by atoms with Crippen molar-refractivity contribution in [1.29, 1.82) is 0 Å². The molecular formula is C14H24N2O3S. The van der Waals surface area contributed by atoms with E-state index in [-0.39, 0.29) is 12.4 Å². The number of rotatable bonds is 8. The van der Waals surface area contributed by atoms with Crippen LogP contribution in [-0.2, 0) is 10.0 Å². The van der Waals surface area contributed by atoms with Crippen molar-refractivity contribution >= 4 is 15.7 Å². The average molecular weight is 300 g/mol. The van der Waals surface area contributed by atoms with E-state index in [9.17, 15) is 8.42 Å². The molecular weight excluding hydrogens is 276 g/mol. The molecule has 1 aromatic rings. The number of nitrogens with one attached hydrogen (secondary N) is 1. The largest absolute Gasteiger partial charge is 0.490 e. The summed E-state index contributed by atoms with van der Waals surface area (Å²) < 4.78 is 31.6. The lowest BCUT2D eigenvalue weighted by atomic mass is 9.99. The van der Waals surface area contributed by atoms with Gasteiger partial charge in [-0.15, -0.1) is 0 Å². The number of hydrogen-bond acceptors (Lipinski definition) is 4. The van der Waals surface area contributed by atoms with Crippen molar-refractivity contribution in [3.05, 3.63) is 24.3 Å². The van der Waals surface area contributed by atoms with Gasteiger partial charge in [0.1, 0.15) is 12.4 Å². The van der Waals surface area contributed by atoms with Gasteiger partial charge in [-0.1, -0.05) is 32.9 Å². The van der Waals surface area contributed by atoms with Gasteiger partial charge >= 0.3 is 0 Å². The first-order valence-corrected chi connectivity index (χ1v) is 8.41. The van der Waals surface area contributed by atoms with Crippen LogP contribution in [0.2, 0.25) is 0 Å². The Morgan fingerprint density at radius 1 is 1.25 bits per heavy atom. The smallest absolute Gasteiger partial charge is 0.214 e. The predicted octanol–water partition coefficient (Wildman–Crippen LogP) is 1.86. The second kappa shape index (κ2) is 7.50. The Balaban J connectivity index is 2.39. The Morgan fingerprint density at radius 3 is 2.50 bits per heavy atom. The van der Waals surface area contributed by atoms with Crippen molar-refractivity contribution in [1.82, 2.24) is 4.72 Å². The number of nitrogen functional groups attached to an aromatic ring is 1. The molecule has 0 heterocycles. The monoisotopic (exact) mass is 300 g/mol. The zero-order valence-corrected chi connectivity index (χ0v) is 13.1. The van der Waals surface area contributed by atoms with E-state index >= 15 is 0 Å².